The molecule has 0 aliphatic heterocycles. The van der Waals surface area contributed by atoms with E-state index in [1.165, 1.54) is 6.08 Å². The minimum absolute atomic E-state index is 0.284. The average Bonchev–Trinajstić information content (AvgIpc) is 2.18. The number of carbonyl (C=O) groups is 1. The van der Waals surface area contributed by atoms with Gasteiger partial charge in [-0.05, 0) is 12.1 Å². The highest BCUT2D eigenvalue weighted by atomic mass is 16.1. The quantitative estimate of drug-likeness (QED) is 0.666. The van der Waals surface area contributed by atoms with Crippen molar-refractivity contribution in [1.29, 1.82) is 0 Å². The van der Waals surface area contributed by atoms with E-state index in [9.17, 15) is 4.79 Å². The molecule has 0 aliphatic carbocycles. The zero-order chi connectivity index (χ0) is 9.68. The molecule has 68 valence electrons. The fourth-order valence-electron chi connectivity index (χ4n) is 0.884. The number of nitrogens with zero attached hydrogens (tertiary/aromatic N) is 1. The summed E-state index contributed by atoms with van der Waals surface area (Å²) >= 11 is 0. The molecule has 0 bridgehead atoms. The molecule has 1 heterocycles. The van der Waals surface area contributed by atoms with Gasteiger partial charge in [0.15, 0.2) is 0 Å². The number of hydrogen-bond acceptors (Lipinski definition) is 3. The van der Waals surface area contributed by atoms with Crippen LogP contribution in [0, 0.1) is 0 Å². The molecule has 0 aromatic carbocycles. The first-order chi connectivity index (χ1) is 6.27. The van der Waals surface area contributed by atoms with Crippen LogP contribution in [0.3, 0.4) is 0 Å². The zero-order valence-electron chi connectivity index (χ0n) is 7.16. The Morgan fingerprint density at radius 1 is 1.77 bits per heavy atom. The Kier molecular flexibility index (Phi) is 3.16. The van der Waals surface area contributed by atoms with E-state index in [2.05, 4.69) is 16.9 Å². The van der Waals surface area contributed by atoms with E-state index in [4.69, 9.17) is 5.73 Å². The third-order valence-corrected chi connectivity index (χ3v) is 1.54. The fourth-order valence-corrected chi connectivity index (χ4v) is 0.884. The first-order valence-corrected chi connectivity index (χ1v) is 3.85. The van der Waals surface area contributed by atoms with Gasteiger partial charge >= 0.3 is 0 Å². The minimum Gasteiger partial charge on any atom is -0.326 e. The van der Waals surface area contributed by atoms with Crippen LogP contribution in [-0.4, -0.2) is 10.9 Å². The van der Waals surface area contributed by atoms with Crippen LogP contribution in [0.1, 0.15) is 5.56 Å². The molecule has 13 heavy (non-hydrogen) atoms. The monoisotopic (exact) mass is 177 g/mol. The van der Waals surface area contributed by atoms with Crippen molar-refractivity contribution in [3.05, 3.63) is 36.5 Å². The van der Waals surface area contributed by atoms with Crippen LogP contribution >= 0.6 is 0 Å². The highest BCUT2D eigenvalue weighted by Gasteiger charge is 2.02. The summed E-state index contributed by atoms with van der Waals surface area (Å²) in [5.41, 5.74) is 6.25. The van der Waals surface area contributed by atoms with Gasteiger partial charge in [-0.1, -0.05) is 12.6 Å². The average molecular weight is 177 g/mol. The van der Waals surface area contributed by atoms with Gasteiger partial charge in [-0.3, -0.25) is 4.79 Å². The predicted octanol–water partition coefficient (Wildman–Crippen LogP) is 0.665. The summed E-state index contributed by atoms with van der Waals surface area (Å²) in [7, 11) is 0. The number of rotatable bonds is 3. The van der Waals surface area contributed by atoms with Crippen LogP contribution in [0.15, 0.2) is 31.0 Å². The molecule has 1 aromatic heterocycles. The standard InChI is InChI=1S/C9H11N3O/c1-2-8(13)12-9-7(6-10)4-3-5-11-9/h2-5H,1,6,10H2,(H,11,12,13). The smallest absolute Gasteiger partial charge is 0.248 e. The van der Waals surface area contributed by atoms with E-state index < -0.39 is 0 Å². The van der Waals surface area contributed by atoms with E-state index in [1.54, 1.807) is 12.3 Å². The largest absolute Gasteiger partial charge is 0.326 e. The summed E-state index contributed by atoms with van der Waals surface area (Å²) in [6.45, 7) is 3.69. The Balaban J connectivity index is 2.86. The highest BCUT2D eigenvalue weighted by molar-refractivity contribution is 5.98. The van der Waals surface area contributed by atoms with Gasteiger partial charge in [0.05, 0.1) is 0 Å². The van der Waals surface area contributed by atoms with Crippen molar-refractivity contribution in [2.75, 3.05) is 5.32 Å². The van der Waals surface area contributed by atoms with Crippen LogP contribution in [0.5, 0.6) is 0 Å². The molecule has 1 amide bonds. The van der Waals surface area contributed by atoms with Gasteiger partial charge in [0.25, 0.3) is 0 Å². The lowest BCUT2D eigenvalue weighted by atomic mass is 10.2. The molecule has 4 heteroatoms. The Hall–Kier alpha value is -1.68. The summed E-state index contributed by atoms with van der Waals surface area (Å²) < 4.78 is 0. The summed E-state index contributed by atoms with van der Waals surface area (Å²) in [6, 6.07) is 3.58. The maximum absolute atomic E-state index is 10.9. The summed E-state index contributed by atoms with van der Waals surface area (Å²) in [4.78, 5) is 14.9. The second kappa shape index (κ2) is 4.37. The van der Waals surface area contributed by atoms with E-state index in [0.29, 0.717) is 12.4 Å². The van der Waals surface area contributed by atoms with Gasteiger partial charge in [0.2, 0.25) is 5.91 Å². The highest BCUT2D eigenvalue weighted by Crippen LogP contribution is 2.09. The maximum atomic E-state index is 10.9. The van der Waals surface area contributed by atoms with Crippen molar-refractivity contribution in [3.63, 3.8) is 0 Å². The van der Waals surface area contributed by atoms with Crippen molar-refractivity contribution in [2.45, 2.75) is 6.54 Å². The Morgan fingerprint density at radius 3 is 3.15 bits per heavy atom. The second-order valence-corrected chi connectivity index (χ2v) is 2.41. The van der Waals surface area contributed by atoms with Crippen molar-refractivity contribution in [1.82, 2.24) is 4.98 Å². The number of amides is 1. The van der Waals surface area contributed by atoms with Crippen LogP contribution in [0.2, 0.25) is 0 Å². The van der Waals surface area contributed by atoms with E-state index >= 15 is 0 Å². The van der Waals surface area contributed by atoms with Crippen LogP contribution in [-0.2, 0) is 11.3 Å². The number of nitrogens with two attached hydrogens (primary N) is 1. The topological polar surface area (TPSA) is 68.0 Å². The molecule has 4 nitrogen and oxygen atoms in total. The SMILES string of the molecule is C=CC(=O)Nc1ncccc1CN. The van der Waals surface area contributed by atoms with E-state index in [1.807, 2.05) is 6.07 Å². The molecule has 0 saturated heterocycles. The molecule has 0 fully saturated rings. The van der Waals surface area contributed by atoms with E-state index in [0.717, 1.165) is 5.56 Å². The molecule has 3 N–H and O–H groups in total. The lowest BCUT2D eigenvalue weighted by molar-refractivity contribution is -0.111. The second-order valence-electron chi connectivity index (χ2n) is 2.41. The van der Waals surface area contributed by atoms with Crippen molar-refractivity contribution >= 4 is 11.7 Å². The molecule has 0 saturated carbocycles. The maximum Gasteiger partial charge on any atom is 0.248 e. The van der Waals surface area contributed by atoms with Crippen LogP contribution in [0.25, 0.3) is 0 Å². The molecule has 0 atom stereocenters. The van der Waals surface area contributed by atoms with E-state index in [-0.39, 0.29) is 5.91 Å². The van der Waals surface area contributed by atoms with Crippen molar-refractivity contribution < 1.29 is 4.79 Å². The Morgan fingerprint density at radius 2 is 2.54 bits per heavy atom. The normalized spacial score (nSPS) is 9.31. The number of anilines is 1. The number of aromatic nitrogens is 1. The van der Waals surface area contributed by atoms with Gasteiger partial charge in [-0.25, -0.2) is 4.98 Å². The fraction of sp³-hybridized carbons (Fsp3) is 0.111. The molecular formula is C9H11N3O. The van der Waals surface area contributed by atoms with Gasteiger partial charge in [0.1, 0.15) is 5.82 Å². The summed E-state index contributed by atoms with van der Waals surface area (Å²) in [5.74, 6) is 0.211. The van der Waals surface area contributed by atoms with Crippen LogP contribution in [0.4, 0.5) is 5.82 Å². The molecular weight excluding hydrogens is 166 g/mol. The third kappa shape index (κ3) is 2.38. The predicted molar refractivity (Wildman–Crippen MR) is 51.0 cm³/mol. The Bertz CT molecular complexity index is 322. The van der Waals surface area contributed by atoms with Crippen molar-refractivity contribution in [3.8, 4) is 0 Å². The number of carbonyl (C=O) groups excluding carboxylic acids is 1. The first-order valence-electron chi connectivity index (χ1n) is 3.85. The third-order valence-electron chi connectivity index (χ3n) is 1.54. The molecule has 0 aliphatic rings. The molecule has 0 radical (unpaired) electrons. The van der Waals surface area contributed by atoms with Gasteiger partial charge in [-0.2, -0.15) is 0 Å². The lowest BCUT2D eigenvalue weighted by Crippen LogP contribution is -2.12. The van der Waals surface area contributed by atoms with Gasteiger partial charge in [-0.15, -0.1) is 0 Å². The molecule has 0 unspecified atom stereocenters. The number of hydrogen-bond donors (Lipinski definition) is 2. The lowest BCUT2D eigenvalue weighted by Gasteiger charge is -2.05. The summed E-state index contributed by atoms with van der Waals surface area (Å²) in [5, 5.41) is 2.56. The van der Waals surface area contributed by atoms with Crippen LogP contribution < -0.4 is 11.1 Å². The number of pyridine rings is 1. The first kappa shape index (κ1) is 9.41. The van der Waals surface area contributed by atoms with Gasteiger partial charge in [0, 0.05) is 18.3 Å². The summed E-state index contributed by atoms with van der Waals surface area (Å²) in [6.07, 6.45) is 2.78. The zero-order valence-corrected chi connectivity index (χ0v) is 7.16. The minimum atomic E-state index is -0.284. The molecule has 1 aromatic rings. The number of nitrogens with one attached hydrogen (secondary N) is 1. The Labute approximate surface area is 76.5 Å². The van der Waals surface area contributed by atoms with Gasteiger partial charge < -0.3 is 11.1 Å². The molecule has 1 rings (SSSR count). The molecule has 0 spiro atoms. The van der Waals surface area contributed by atoms with Crippen molar-refractivity contribution in [2.24, 2.45) is 5.73 Å².